The molecule has 1 aliphatic rings. The SMILES string of the molecule is NC1CCCC(C(=O)Nc2ccnn2Cc2ccc(Br)cc2)C1. The van der Waals surface area contributed by atoms with Gasteiger partial charge in [-0.1, -0.05) is 34.5 Å². The van der Waals surface area contributed by atoms with Crippen LogP contribution in [0.15, 0.2) is 41.0 Å². The fraction of sp³-hybridized carbons (Fsp3) is 0.412. The van der Waals surface area contributed by atoms with Crippen molar-refractivity contribution in [2.75, 3.05) is 5.32 Å². The topological polar surface area (TPSA) is 72.9 Å². The Hall–Kier alpha value is -1.66. The van der Waals surface area contributed by atoms with Gasteiger partial charge in [0.05, 0.1) is 12.7 Å². The molecule has 23 heavy (non-hydrogen) atoms. The summed E-state index contributed by atoms with van der Waals surface area (Å²) < 4.78 is 2.85. The summed E-state index contributed by atoms with van der Waals surface area (Å²) in [4.78, 5) is 12.4. The highest BCUT2D eigenvalue weighted by Gasteiger charge is 2.25. The van der Waals surface area contributed by atoms with Crippen molar-refractivity contribution in [3.05, 3.63) is 46.6 Å². The van der Waals surface area contributed by atoms with E-state index in [4.69, 9.17) is 5.73 Å². The predicted octanol–water partition coefficient (Wildman–Crippen LogP) is 3.15. The summed E-state index contributed by atoms with van der Waals surface area (Å²) in [7, 11) is 0. The largest absolute Gasteiger partial charge is 0.328 e. The van der Waals surface area contributed by atoms with Gasteiger partial charge < -0.3 is 11.1 Å². The molecule has 2 aromatic rings. The van der Waals surface area contributed by atoms with E-state index >= 15 is 0 Å². The molecule has 3 N–H and O–H groups in total. The lowest BCUT2D eigenvalue weighted by Crippen LogP contribution is -2.34. The van der Waals surface area contributed by atoms with Crippen molar-refractivity contribution in [2.45, 2.75) is 38.3 Å². The van der Waals surface area contributed by atoms with Gasteiger partial charge in [-0.05, 0) is 37.0 Å². The lowest BCUT2D eigenvalue weighted by atomic mass is 9.85. The van der Waals surface area contributed by atoms with Crippen molar-refractivity contribution < 1.29 is 4.79 Å². The fourth-order valence-corrected chi connectivity index (χ4v) is 3.29. The number of hydrogen-bond donors (Lipinski definition) is 2. The van der Waals surface area contributed by atoms with Crippen molar-refractivity contribution in [3.8, 4) is 0 Å². The number of hydrogen-bond acceptors (Lipinski definition) is 3. The van der Waals surface area contributed by atoms with Crippen LogP contribution in [0, 0.1) is 5.92 Å². The minimum atomic E-state index is 0.00906. The van der Waals surface area contributed by atoms with Gasteiger partial charge >= 0.3 is 0 Å². The number of aromatic nitrogens is 2. The maximum Gasteiger partial charge on any atom is 0.228 e. The van der Waals surface area contributed by atoms with E-state index in [0.29, 0.717) is 6.54 Å². The van der Waals surface area contributed by atoms with Gasteiger partial charge in [0.15, 0.2) is 0 Å². The molecule has 2 unspecified atom stereocenters. The first-order valence-electron chi connectivity index (χ1n) is 7.94. The van der Waals surface area contributed by atoms with E-state index in [1.54, 1.807) is 6.20 Å². The second kappa shape index (κ2) is 7.27. The van der Waals surface area contributed by atoms with Crippen molar-refractivity contribution in [1.82, 2.24) is 9.78 Å². The Kier molecular flexibility index (Phi) is 5.13. The van der Waals surface area contributed by atoms with Crippen LogP contribution in [0.1, 0.15) is 31.2 Å². The molecule has 2 atom stereocenters. The van der Waals surface area contributed by atoms with Crippen molar-refractivity contribution in [3.63, 3.8) is 0 Å². The molecule has 1 amide bonds. The number of nitrogens with one attached hydrogen (secondary N) is 1. The van der Waals surface area contributed by atoms with Gasteiger partial charge in [-0.2, -0.15) is 5.10 Å². The first-order valence-corrected chi connectivity index (χ1v) is 8.74. The number of nitrogens with zero attached hydrogens (tertiary/aromatic N) is 2. The molecule has 1 saturated carbocycles. The number of nitrogens with two attached hydrogens (primary N) is 1. The second-order valence-electron chi connectivity index (χ2n) is 6.11. The van der Waals surface area contributed by atoms with Crippen LogP contribution in [0.4, 0.5) is 5.82 Å². The Balaban J connectivity index is 1.66. The van der Waals surface area contributed by atoms with E-state index < -0.39 is 0 Å². The van der Waals surface area contributed by atoms with E-state index in [1.807, 2.05) is 35.0 Å². The first-order chi connectivity index (χ1) is 11.1. The zero-order chi connectivity index (χ0) is 16.2. The molecule has 1 aliphatic carbocycles. The van der Waals surface area contributed by atoms with Gasteiger partial charge in [-0.15, -0.1) is 0 Å². The van der Waals surface area contributed by atoms with Gasteiger partial charge in [0.1, 0.15) is 5.82 Å². The zero-order valence-corrected chi connectivity index (χ0v) is 14.5. The number of benzene rings is 1. The highest BCUT2D eigenvalue weighted by Crippen LogP contribution is 2.24. The average molecular weight is 377 g/mol. The molecule has 3 rings (SSSR count). The number of halogens is 1. The van der Waals surface area contributed by atoms with Crippen molar-refractivity contribution in [1.29, 1.82) is 0 Å². The fourth-order valence-electron chi connectivity index (χ4n) is 3.02. The highest BCUT2D eigenvalue weighted by atomic mass is 79.9. The third-order valence-corrected chi connectivity index (χ3v) is 4.83. The van der Waals surface area contributed by atoms with Crippen LogP contribution in [-0.4, -0.2) is 21.7 Å². The van der Waals surface area contributed by atoms with Crippen molar-refractivity contribution in [2.24, 2.45) is 11.7 Å². The average Bonchev–Trinajstić information content (AvgIpc) is 2.96. The minimum Gasteiger partial charge on any atom is -0.328 e. The number of anilines is 1. The van der Waals surface area contributed by atoms with Gasteiger partial charge in [0.25, 0.3) is 0 Å². The zero-order valence-electron chi connectivity index (χ0n) is 12.9. The molecule has 0 radical (unpaired) electrons. The maximum atomic E-state index is 12.4. The lowest BCUT2D eigenvalue weighted by Gasteiger charge is -2.25. The summed E-state index contributed by atoms with van der Waals surface area (Å²) >= 11 is 3.43. The number of rotatable bonds is 4. The van der Waals surface area contributed by atoms with E-state index in [9.17, 15) is 4.79 Å². The summed E-state index contributed by atoms with van der Waals surface area (Å²) in [6.07, 6.45) is 5.44. The summed E-state index contributed by atoms with van der Waals surface area (Å²) in [5.74, 6) is 0.796. The van der Waals surface area contributed by atoms with Crippen LogP contribution in [0.2, 0.25) is 0 Å². The van der Waals surface area contributed by atoms with E-state index in [1.165, 1.54) is 0 Å². The molecule has 1 heterocycles. The smallest absolute Gasteiger partial charge is 0.228 e. The normalized spacial score (nSPS) is 21.1. The van der Waals surface area contributed by atoms with Crippen LogP contribution < -0.4 is 11.1 Å². The summed E-state index contributed by atoms with van der Waals surface area (Å²) in [6, 6.07) is 10.1. The minimum absolute atomic E-state index is 0.00906. The van der Waals surface area contributed by atoms with Crippen LogP contribution in [-0.2, 0) is 11.3 Å². The summed E-state index contributed by atoms with van der Waals surface area (Å²) in [5.41, 5.74) is 7.11. The Morgan fingerprint density at radius 3 is 2.83 bits per heavy atom. The first kappa shape index (κ1) is 16.2. The van der Waals surface area contributed by atoms with E-state index in [0.717, 1.165) is 41.5 Å². The maximum absolute atomic E-state index is 12.4. The molecule has 0 saturated heterocycles. The molecule has 0 spiro atoms. The Morgan fingerprint density at radius 2 is 2.09 bits per heavy atom. The summed E-state index contributed by atoms with van der Waals surface area (Å²) in [5, 5.41) is 7.32. The molecule has 6 heteroatoms. The standard InChI is InChI=1S/C17H21BrN4O/c18-14-6-4-12(5-7-14)11-22-16(8-9-20-22)21-17(23)13-2-1-3-15(19)10-13/h4-9,13,15H,1-3,10-11,19H2,(H,21,23). The van der Waals surface area contributed by atoms with Gasteiger partial charge in [0, 0.05) is 22.5 Å². The number of amides is 1. The highest BCUT2D eigenvalue weighted by molar-refractivity contribution is 9.10. The van der Waals surface area contributed by atoms with E-state index in [-0.39, 0.29) is 17.9 Å². The Morgan fingerprint density at radius 1 is 1.30 bits per heavy atom. The molecule has 0 aliphatic heterocycles. The number of carbonyl (C=O) groups excluding carboxylic acids is 1. The van der Waals surface area contributed by atoms with Crippen LogP contribution >= 0.6 is 15.9 Å². The monoisotopic (exact) mass is 376 g/mol. The Bertz CT molecular complexity index is 667. The lowest BCUT2D eigenvalue weighted by molar-refractivity contribution is -0.120. The van der Waals surface area contributed by atoms with Crippen molar-refractivity contribution >= 4 is 27.7 Å². The molecule has 1 aromatic carbocycles. The molecule has 0 bridgehead atoms. The van der Waals surface area contributed by atoms with Gasteiger partial charge in [-0.3, -0.25) is 4.79 Å². The molecule has 1 aromatic heterocycles. The number of carbonyl (C=O) groups is 1. The van der Waals surface area contributed by atoms with Crippen LogP contribution in [0.3, 0.4) is 0 Å². The molecule has 5 nitrogen and oxygen atoms in total. The quantitative estimate of drug-likeness (QED) is 0.860. The van der Waals surface area contributed by atoms with Gasteiger partial charge in [-0.25, -0.2) is 4.68 Å². The van der Waals surface area contributed by atoms with E-state index in [2.05, 4.69) is 26.3 Å². The summed E-state index contributed by atoms with van der Waals surface area (Å²) in [6.45, 7) is 0.625. The molecule has 122 valence electrons. The van der Waals surface area contributed by atoms with Crippen LogP contribution in [0.25, 0.3) is 0 Å². The third-order valence-electron chi connectivity index (χ3n) is 4.30. The second-order valence-corrected chi connectivity index (χ2v) is 7.03. The molecular formula is C17H21BrN4O. The van der Waals surface area contributed by atoms with Gasteiger partial charge in [0.2, 0.25) is 5.91 Å². The third kappa shape index (κ3) is 4.20. The molecular weight excluding hydrogens is 356 g/mol. The van der Waals surface area contributed by atoms with Crippen LogP contribution in [0.5, 0.6) is 0 Å². The Labute approximate surface area is 144 Å². The predicted molar refractivity (Wildman–Crippen MR) is 94.0 cm³/mol. The molecule has 1 fully saturated rings.